The highest BCUT2D eigenvalue weighted by Gasteiger charge is 2.32. The molecule has 0 bridgehead atoms. The van der Waals surface area contributed by atoms with Crippen LogP contribution in [0.2, 0.25) is 5.02 Å². The molecule has 0 atom stereocenters. The minimum Gasteiger partial charge on any atom is -0.293 e. The molecule has 3 aromatic carbocycles. The number of fused-ring (bicyclic) bond motifs is 1. The number of aromatic nitrogens is 1. The van der Waals surface area contributed by atoms with E-state index in [9.17, 15) is 8.42 Å². The Bertz CT molecular complexity index is 1700. The van der Waals surface area contributed by atoms with Crippen molar-refractivity contribution in [2.45, 2.75) is 88.1 Å². The van der Waals surface area contributed by atoms with E-state index in [1.165, 1.54) is 12.8 Å². The second kappa shape index (κ2) is 13.1. The lowest BCUT2D eigenvalue weighted by Gasteiger charge is -2.37. The van der Waals surface area contributed by atoms with Crippen molar-refractivity contribution in [1.29, 1.82) is 0 Å². The van der Waals surface area contributed by atoms with Gasteiger partial charge in [-0.25, -0.2) is 23.1 Å². The van der Waals surface area contributed by atoms with Crippen LogP contribution in [-0.4, -0.2) is 31.4 Å². The molecule has 0 unspecified atom stereocenters. The second-order valence-corrected chi connectivity index (χ2v) is 14.0. The van der Waals surface area contributed by atoms with Crippen LogP contribution in [0, 0.1) is 6.92 Å². The van der Waals surface area contributed by atoms with Crippen molar-refractivity contribution in [2.24, 2.45) is 4.99 Å². The van der Waals surface area contributed by atoms with E-state index in [2.05, 4.69) is 27.8 Å². The van der Waals surface area contributed by atoms with Crippen LogP contribution in [0.1, 0.15) is 69.8 Å². The van der Waals surface area contributed by atoms with Gasteiger partial charge in [0.2, 0.25) is 5.96 Å². The Morgan fingerprint density at radius 2 is 1.53 bits per heavy atom. The summed E-state index contributed by atoms with van der Waals surface area (Å²) in [7, 11) is -3.92. The number of anilines is 1. The normalized spacial score (nSPS) is 17.2. The van der Waals surface area contributed by atoms with E-state index in [0.29, 0.717) is 16.8 Å². The van der Waals surface area contributed by atoms with E-state index in [1.807, 2.05) is 55.5 Å². The highest BCUT2D eigenvalue weighted by Crippen LogP contribution is 2.36. The standard InChI is InChI=1S/C35H39ClN4O2S/c1-25-17-21-31(22-18-25)43(41,42)39-35(37-29-13-7-3-8-14-29)40(30-15-9-4-10-16-30)34-32-24-28(36)20-19-27(32)23-33(38-34)26-11-5-2-6-12-26/h2,5-6,11-12,17-24,29-30H,3-4,7-10,13-16H2,1H3,(H,37,39). The Kier molecular flexibility index (Phi) is 9.01. The van der Waals surface area contributed by atoms with Crippen LogP contribution in [0.3, 0.4) is 0 Å². The van der Waals surface area contributed by atoms with Crippen molar-refractivity contribution < 1.29 is 8.42 Å². The first kappa shape index (κ1) is 29.6. The maximum atomic E-state index is 14.0. The summed E-state index contributed by atoms with van der Waals surface area (Å²) in [6, 6.07) is 25.1. The van der Waals surface area contributed by atoms with Gasteiger partial charge in [-0.1, -0.05) is 104 Å². The van der Waals surface area contributed by atoms with Gasteiger partial charge in [0.15, 0.2) is 0 Å². The summed E-state index contributed by atoms with van der Waals surface area (Å²) in [6.07, 6.45) is 10.4. The number of guanidine groups is 1. The molecule has 224 valence electrons. The molecule has 8 heteroatoms. The third kappa shape index (κ3) is 6.89. The largest absolute Gasteiger partial charge is 0.293 e. The fourth-order valence-corrected chi connectivity index (χ4v) is 7.52. The molecule has 6 rings (SSSR count). The van der Waals surface area contributed by atoms with Crippen LogP contribution in [0.15, 0.2) is 88.8 Å². The molecule has 1 heterocycles. The lowest BCUT2D eigenvalue weighted by Crippen LogP contribution is -2.51. The van der Waals surface area contributed by atoms with Crippen LogP contribution in [0.5, 0.6) is 0 Å². The average Bonchev–Trinajstić information content (AvgIpc) is 3.03. The summed E-state index contributed by atoms with van der Waals surface area (Å²) < 4.78 is 30.9. The number of halogens is 1. The number of benzene rings is 3. The van der Waals surface area contributed by atoms with Crippen molar-refractivity contribution in [3.8, 4) is 11.3 Å². The number of rotatable bonds is 6. The van der Waals surface area contributed by atoms with Gasteiger partial charge in [0.05, 0.1) is 16.6 Å². The molecule has 43 heavy (non-hydrogen) atoms. The third-order valence-electron chi connectivity index (χ3n) is 8.68. The molecule has 0 radical (unpaired) electrons. The quantitative estimate of drug-likeness (QED) is 0.174. The molecule has 0 saturated heterocycles. The number of hydrogen-bond donors (Lipinski definition) is 1. The zero-order chi connectivity index (χ0) is 29.8. The van der Waals surface area contributed by atoms with Gasteiger partial charge in [0, 0.05) is 22.0 Å². The third-order valence-corrected chi connectivity index (χ3v) is 10.3. The van der Waals surface area contributed by atoms with E-state index in [1.54, 1.807) is 12.1 Å². The number of hydrogen-bond acceptors (Lipinski definition) is 4. The Labute approximate surface area is 260 Å². The van der Waals surface area contributed by atoms with E-state index in [-0.39, 0.29) is 17.0 Å². The highest BCUT2D eigenvalue weighted by atomic mass is 35.5. The predicted molar refractivity (Wildman–Crippen MR) is 177 cm³/mol. The topological polar surface area (TPSA) is 74.7 Å². The molecule has 1 aromatic heterocycles. The molecular formula is C35H39ClN4O2S. The number of pyridine rings is 1. The van der Waals surface area contributed by atoms with Gasteiger partial charge in [0.25, 0.3) is 10.0 Å². The second-order valence-electron chi connectivity index (χ2n) is 11.9. The summed E-state index contributed by atoms with van der Waals surface area (Å²) in [5, 5.41) is 2.48. The maximum absolute atomic E-state index is 14.0. The number of nitrogens with one attached hydrogen (secondary N) is 1. The van der Waals surface area contributed by atoms with Gasteiger partial charge in [0.1, 0.15) is 5.82 Å². The van der Waals surface area contributed by atoms with Gasteiger partial charge in [-0.05, 0) is 68.3 Å². The van der Waals surface area contributed by atoms with Crippen LogP contribution in [0.25, 0.3) is 22.0 Å². The van der Waals surface area contributed by atoms with E-state index in [4.69, 9.17) is 21.6 Å². The maximum Gasteiger partial charge on any atom is 0.264 e. The minimum absolute atomic E-state index is 0.0394. The average molecular weight is 615 g/mol. The fourth-order valence-electron chi connectivity index (χ4n) is 6.35. The predicted octanol–water partition coefficient (Wildman–Crippen LogP) is 8.67. The lowest BCUT2D eigenvalue weighted by atomic mass is 9.93. The summed E-state index contributed by atoms with van der Waals surface area (Å²) in [6.45, 7) is 1.95. The van der Waals surface area contributed by atoms with Crippen molar-refractivity contribution in [3.05, 3.63) is 89.4 Å². The monoisotopic (exact) mass is 614 g/mol. The van der Waals surface area contributed by atoms with E-state index >= 15 is 0 Å². The van der Waals surface area contributed by atoms with E-state index < -0.39 is 10.0 Å². The zero-order valence-electron chi connectivity index (χ0n) is 24.7. The SMILES string of the molecule is Cc1ccc(S(=O)(=O)NC(=NC2CCCCC2)N(c2nc(-c3ccccc3)cc3ccc(Cl)cc23)C2CCCCC2)cc1. The first-order chi connectivity index (χ1) is 20.9. The molecule has 0 spiro atoms. The summed E-state index contributed by atoms with van der Waals surface area (Å²) in [5.74, 6) is 1.05. The fraction of sp³-hybridized carbons (Fsp3) is 0.371. The Morgan fingerprint density at radius 1 is 0.860 bits per heavy atom. The molecule has 2 saturated carbocycles. The first-order valence-electron chi connectivity index (χ1n) is 15.5. The van der Waals surface area contributed by atoms with Gasteiger partial charge in [-0.15, -0.1) is 0 Å². The van der Waals surface area contributed by atoms with Gasteiger partial charge < -0.3 is 0 Å². The number of aliphatic imine (C=N–C) groups is 1. The zero-order valence-corrected chi connectivity index (χ0v) is 26.2. The summed E-state index contributed by atoms with van der Waals surface area (Å²) in [5.41, 5.74) is 2.82. The van der Waals surface area contributed by atoms with Crippen LogP contribution >= 0.6 is 11.6 Å². The smallest absolute Gasteiger partial charge is 0.264 e. The van der Waals surface area contributed by atoms with Crippen LogP contribution < -0.4 is 9.62 Å². The van der Waals surface area contributed by atoms with Crippen LogP contribution in [-0.2, 0) is 10.0 Å². The summed E-state index contributed by atoms with van der Waals surface area (Å²) >= 11 is 6.58. The Balaban J connectivity index is 1.56. The number of aryl methyl sites for hydroxylation is 1. The minimum atomic E-state index is -3.92. The summed E-state index contributed by atoms with van der Waals surface area (Å²) in [4.78, 5) is 12.8. The molecule has 0 aliphatic heterocycles. The van der Waals surface area contributed by atoms with Crippen molar-refractivity contribution in [1.82, 2.24) is 9.71 Å². The molecule has 6 nitrogen and oxygen atoms in total. The van der Waals surface area contributed by atoms with Gasteiger partial charge >= 0.3 is 0 Å². The van der Waals surface area contributed by atoms with Gasteiger partial charge in [-0.2, -0.15) is 0 Å². The number of nitrogens with zero attached hydrogens (tertiary/aromatic N) is 3. The Morgan fingerprint density at radius 3 is 2.23 bits per heavy atom. The van der Waals surface area contributed by atoms with Crippen molar-refractivity contribution in [2.75, 3.05) is 4.90 Å². The van der Waals surface area contributed by atoms with Crippen molar-refractivity contribution >= 4 is 44.2 Å². The molecule has 2 fully saturated rings. The number of sulfonamides is 1. The van der Waals surface area contributed by atoms with E-state index in [0.717, 1.165) is 79.0 Å². The molecule has 2 aliphatic carbocycles. The Hall–Kier alpha value is -3.42. The highest BCUT2D eigenvalue weighted by molar-refractivity contribution is 7.90. The van der Waals surface area contributed by atoms with Gasteiger partial charge in [-0.3, -0.25) is 4.90 Å². The van der Waals surface area contributed by atoms with Crippen LogP contribution in [0.4, 0.5) is 5.82 Å². The van der Waals surface area contributed by atoms with Crippen molar-refractivity contribution in [3.63, 3.8) is 0 Å². The molecule has 4 aromatic rings. The molecule has 2 aliphatic rings. The molecular weight excluding hydrogens is 576 g/mol. The molecule has 1 N–H and O–H groups in total. The molecule has 0 amide bonds. The lowest BCUT2D eigenvalue weighted by molar-refractivity contribution is 0.428. The first-order valence-corrected chi connectivity index (χ1v) is 17.4.